The predicted molar refractivity (Wildman–Crippen MR) is 81.3 cm³/mol. The number of methoxy groups -OCH3 is 1. The molecule has 1 N–H and O–H groups in total. The molecule has 0 saturated heterocycles. The molecule has 0 spiro atoms. The van der Waals surface area contributed by atoms with Gasteiger partial charge in [-0.3, -0.25) is 4.68 Å². The molecule has 1 atom stereocenters. The largest absolute Gasteiger partial charge is 0.496 e. The second-order valence-corrected chi connectivity index (χ2v) is 5.55. The minimum absolute atomic E-state index is 0.258. The monoisotopic (exact) mass is 294 g/mol. The van der Waals surface area contributed by atoms with Crippen molar-refractivity contribution in [1.29, 1.82) is 0 Å². The van der Waals surface area contributed by atoms with Crippen LogP contribution in [0.25, 0.3) is 0 Å². The fourth-order valence-corrected chi connectivity index (χ4v) is 3.10. The molecular formula is C14H22N4OS. The van der Waals surface area contributed by atoms with Gasteiger partial charge in [0.1, 0.15) is 17.9 Å². The van der Waals surface area contributed by atoms with Crippen LogP contribution in [0.15, 0.2) is 17.8 Å². The standard InChI is InChI=1S/C14H22N4OS/c1-4-6-18-14(16-10-17-18)8-12(15-5-2)13-7-11(19-3)9-20-13/h7,9-10,12,15H,4-6,8H2,1-3H3. The minimum atomic E-state index is 0.258. The van der Waals surface area contributed by atoms with Crippen molar-refractivity contribution in [1.82, 2.24) is 20.1 Å². The second-order valence-electron chi connectivity index (χ2n) is 4.60. The molecule has 2 heterocycles. The molecular weight excluding hydrogens is 272 g/mol. The minimum Gasteiger partial charge on any atom is -0.496 e. The highest BCUT2D eigenvalue weighted by Gasteiger charge is 2.17. The van der Waals surface area contributed by atoms with Gasteiger partial charge in [0.25, 0.3) is 0 Å². The molecule has 0 bridgehead atoms. The summed E-state index contributed by atoms with van der Waals surface area (Å²) in [5, 5.41) is 9.85. The molecule has 2 aromatic rings. The lowest BCUT2D eigenvalue weighted by Crippen LogP contribution is -2.23. The number of thiophene rings is 1. The average Bonchev–Trinajstić information content (AvgIpc) is 3.08. The van der Waals surface area contributed by atoms with Gasteiger partial charge in [0.2, 0.25) is 0 Å². The second kappa shape index (κ2) is 7.40. The van der Waals surface area contributed by atoms with Gasteiger partial charge in [-0.25, -0.2) is 4.98 Å². The quantitative estimate of drug-likeness (QED) is 0.813. The van der Waals surface area contributed by atoms with Gasteiger partial charge < -0.3 is 10.1 Å². The molecule has 0 radical (unpaired) electrons. The number of rotatable bonds is 8. The molecule has 0 aromatic carbocycles. The Morgan fingerprint density at radius 1 is 1.45 bits per heavy atom. The van der Waals surface area contributed by atoms with Crippen LogP contribution in [-0.4, -0.2) is 28.4 Å². The maximum Gasteiger partial charge on any atom is 0.138 e. The molecule has 0 aliphatic rings. The van der Waals surface area contributed by atoms with Crippen molar-refractivity contribution < 1.29 is 4.74 Å². The van der Waals surface area contributed by atoms with E-state index in [0.29, 0.717) is 0 Å². The first kappa shape index (κ1) is 15.0. The van der Waals surface area contributed by atoms with Crippen LogP contribution in [0.3, 0.4) is 0 Å². The van der Waals surface area contributed by atoms with Crippen LogP contribution in [0.4, 0.5) is 0 Å². The van der Waals surface area contributed by atoms with Crippen molar-refractivity contribution in [3.8, 4) is 5.75 Å². The molecule has 110 valence electrons. The number of ether oxygens (including phenoxy) is 1. The van der Waals surface area contributed by atoms with Crippen LogP contribution in [0.1, 0.15) is 37.0 Å². The average molecular weight is 294 g/mol. The van der Waals surface area contributed by atoms with Gasteiger partial charge in [0.05, 0.1) is 7.11 Å². The Bertz CT molecular complexity index is 523. The topological polar surface area (TPSA) is 52.0 Å². The van der Waals surface area contributed by atoms with E-state index in [2.05, 4.69) is 35.3 Å². The predicted octanol–water partition coefficient (Wildman–Crippen LogP) is 2.65. The molecule has 0 amide bonds. The van der Waals surface area contributed by atoms with Crippen LogP contribution in [0.5, 0.6) is 5.75 Å². The third-order valence-electron chi connectivity index (χ3n) is 3.14. The van der Waals surface area contributed by atoms with Gasteiger partial charge >= 0.3 is 0 Å². The lowest BCUT2D eigenvalue weighted by atomic mass is 10.1. The van der Waals surface area contributed by atoms with E-state index in [1.54, 1.807) is 24.8 Å². The summed E-state index contributed by atoms with van der Waals surface area (Å²) in [5.41, 5.74) is 0. The van der Waals surface area contributed by atoms with E-state index in [9.17, 15) is 0 Å². The van der Waals surface area contributed by atoms with Crippen LogP contribution >= 0.6 is 11.3 Å². The highest BCUT2D eigenvalue weighted by Crippen LogP contribution is 2.28. The summed E-state index contributed by atoms with van der Waals surface area (Å²) in [4.78, 5) is 5.67. The number of hydrogen-bond donors (Lipinski definition) is 1. The first-order valence-electron chi connectivity index (χ1n) is 7.00. The smallest absolute Gasteiger partial charge is 0.138 e. The van der Waals surface area contributed by atoms with Crippen molar-refractivity contribution in [2.45, 2.75) is 39.3 Å². The third kappa shape index (κ3) is 3.58. The first-order valence-corrected chi connectivity index (χ1v) is 7.88. The molecule has 2 rings (SSSR count). The van der Waals surface area contributed by atoms with E-state index in [1.165, 1.54) is 4.88 Å². The Hall–Kier alpha value is -1.40. The number of nitrogens with one attached hydrogen (secondary N) is 1. The van der Waals surface area contributed by atoms with E-state index in [4.69, 9.17) is 4.74 Å². The van der Waals surface area contributed by atoms with E-state index in [1.807, 2.05) is 10.1 Å². The number of aryl methyl sites for hydroxylation is 1. The van der Waals surface area contributed by atoms with Gasteiger partial charge in [-0.2, -0.15) is 5.10 Å². The number of aromatic nitrogens is 3. The summed E-state index contributed by atoms with van der Waals surface area (Å²) < 4.78 is 7.27. The highest BCUT2D eigenvalue weighted by molar-refractivity contribution is 7.10. The van der Waals surface area contributed by atoms with Gasteiger partial charge in [0, 0.05) is 29.3 Å². The Labute approximate surface area is 124 Å². The maximum absolute atomic E-state index is 5.27. The van der Waals surface area contributed by atoms with Crippen molar-refractivity contribution >= 4 is 11.3 Å². The lowest BCUT2D eigenvalue weighted by molar-refractivity contribution is 0.415. The van der Waals surface area contributed by atoms with Gasteiger partial charge in [-0.1, -0.05) is 13.8 Å². The Morgan fingerprint density at radius 3 is 2.95 bits per heavy atom. The van der Waals surface area contributed by atoms with Crippen LogP contribution < -0.4 is 10.1 Å². The lowest BCUT2D eigenvalue weighted by Gasteiger charge is -2.16. The number of nitrogens with zero attached hydrogens (tertiary/aromatic N) is 3. The van der Waals surface area contributed by atoms with Crippen molar-refractivity contribution in [2.75, 3.05) is 13.7 Å². The number of hydrogen-bond acceptors (Lipinski definition) is 5. The summed E-state index contributed by atoms with van der Waals surface area (Å²) in [7, 11) is 1.70. The van der Waals surface area contributed by atoms with Crippen molar-refractivity contribution in [2.24, 2.45) is 0 Å². The zero-order valence-electron chi connectivity index (χ0n) is 12.3. The third-order valence-corrected chi connectivity index (χ3v) is 4.17. The van der Waals surface area contributed by atoms with Crippen molar-refractivity contribution in [3.05, 3.63) is 28.5 Å². The first-order chi connectivity index (χ1) is 9.78. The molecule has 2 aromatic heterocycles. The normalized spacial score (nSPS) is 12.6. The number of likely N-dealkylation sites (N-methyl/N-ethyl adjacent to an activating group) is 1. The summed E-state index contributed by atoms with van der Waals surface area (Å²) in [6, 6.07) is 2.35. The maximum atomic E-state index is 5.27. The van der Waals surface area contributed by atoms with E-state index in [-0.39, 0.29) is 6.04 Å². The molecule has 1 unspecified atom stereocenters. The molecule has 0 aliphatic carbocycles. The Balaban J connectivity index is 2.14. The Morgan fingerprint density at radius 2 is 2.30 bits per heavy atom. The molecule has 6 heteroatoms. The van der Waals surface area contributed by atoms with Crippen molar-refractivity contribution in [3.63, 3.8) is 0 Å². The SMILES string of the molecule is CCCn1ncnc1CC(NCC)c1cc(OC)cs1. The molecule has 5 nitrogen and oxygen atoms in total. The molecule has 20 heavy (non-hydrogen) atoms. The summed E-state index contributed by atoms with van der Waals surface area (Å²) in [5.74, 6) is 1.95. The van der Waals surface area contributed by atoms with Crippen LogP contribution in [0.2, 0.25) is 0 Å². The summed E-state index contributed by atoms with van der Waals surface area (Å²) >= 11 is 1.72. The zero-order chi connectivity index (χ0) is 14.4. The molecule has 0 aliphatic heterocycles. The Kier molecular flexibility index (Phi) is 5.55. The van der Waals surface area contributed by atoms with Gasteiger partial charge in [0.15, 0.2) is 0 Å². The summed E-state index contributed by atoms with van der Waals surface area (Å²) in [6.45, 7) is 6.11. The fraction of sp³-hybridized carbons (Fsp3) is 0.571. The van der Waals surface area contributed by atoms with Gasteiger partial charge in [-0.15, -0.1) is 11.3 Å². The fourth-order valence-electron chi connectivity index (χ4n) is 2.17. The molecule has 0 fully saturated rings. The molecule has 0 saturated carbocycles. The van der Waals surface area contributed by atoms with E-state index in [0.717, 1.165) is 37.5 Å². The van der Waals surface area contributed by atoms with E-state index < -0.39 is 0 Å². The zero-order valence-corrected chi connectivity index (χ0v) is 13.1. The van der Waals surface area contributed by atoms with Crippen LogP contribution in [-0.2, 0) is 13.0 Å². The summed E-state index contributed by atoms with van der Waals surface area (Å²) in [6.07, 6.45) is 3.55. The highest BCUT2D eigenvalue weighted by atomic mass is 32.1. The van der Waals surface area contributed by atoms with E-state index >= 15 is 0 Å². The van der Waals surface area contributed by atoms with Crippen LogP contribution in [0, 0.1) is 0 Å². The van der Waals surface area contributed by atoms with Gasteiger partial charge in [-0.05, 0) is 19.0 Å².